The van der Waals surface area contributed by atoms with Crippen LogP contribution in [0, 0.1) is 0 Å². The van der Waals surface area contributed by atoms with E-state index in [1.54, 1.807) is 0 Å². The summed E-state index contributed by atoms with van der Waals surface area (Å²) in [7, 11) is 0. The van der Waals surface area contributed by atoms with E-state index < -0.39 is 0 Å². The molecule has 0 aliphatic heterocycles. The van der Waals surface area contributed by atoms with Crippen LogP contribution in [0.25, 0.3) is 106 Å². The van der Waals surface area contributed by atoms with Crippen LogP contribution in [0.1, 0.15) is 0 Å². The summed E-state index contributed by atoms with van der Waals surface area (Å²) < 4.78 is 18.0. The molecule has 4 aromatic heterocycles. The third kappa shape index (κ3) is 3.40. The van der Waals surface area contributed by atoms with E-state index in [1.807, 2.05) is 40.9 Å². The standard InChI is InChI=1S/C42H22O2S2/c1-3-7-33-27(5-1)28-15-16-29-31-21-25(13-17-34(31)44-42(29)41(28)43-33)23-9-11-24(12-10-23)26-14-18-36-32(22-26)40-38(46-36)20-19-37-39(40)30-6-2-4-8-35(30)45-37/h1-22H. The van der Waals surface area contributed by atoms with Gasteiger partial charge in [0.2, 0.25) is 0 Å². The minimum atomic E-state index is 0.806. The highest BCUT2D eigenvalue weighted by atomic mass is 32.1. The Kier molecular flexibility index (Phi) is 4.90. The number of para-hydroxylation sites is 1. The molecule has 2 nitrogen and oxygen atoms in total. The topological polar surface area (TPSA) is 26.3 Å². The van der Waals surface area contributed by atoms with Gasteiger partial charge >= 0.3 is 0 Å². The molecule has 0 fully saturated rings. The van der Waals surface area contributed by atoms with Crippen LogP contribution in [0.3, 0.4) is 0 Å². The van der Waals surface area contributed by atoms with Crippen molar-refractivity contribution in [3.05, 3.63) is 133 Å². The summed E-state index contributed by atoms with van der Waals surface area (Å²) >= 11 is 3.77. The first-order valence-electron chi connectivity index (χ1n) is 15.4. The second-order valence-electron chi connectivity index (χ2n) is 12.0. The van der Waals surface area contributed by atoms with Crippen LogP contribution >= 0.6 is 22.7 Å². The Hall–Kier alpha value is -5.42. The van der Waals surface area contributed by atoms with Crippen molar-refractivity contribution in [2.24, 2.45) is 0 Å². The zero-order chi connectivity index (χ0) is 29.9. The predicted molar refractivity (Wildman–Crippen MR) is 198 cm³/mol. The molecule has 0 aliphatic carbocycles. The first-order chi connectivity index (χ1) is 22.8. The molecule has 0 spiro atoms. The molecule has 0 atom stereocenters. The van der Waals surface area contributed by atoms with E-state index in [1.165, 1.54) is 57.0 Å². The highest BCUT2D eigenvalue weighted by Crippen LogP contribution is 2.45. The number of rotatable bonds is 2. The van der Waals surface area contributed by atoms with E-state index in [0.29, 0.717) is 0 Å². The summed E-state index contributed by atoms with van der Waals surface area (Å²) in [5.41, 5.74) is 8.16. The van der Waals surface area contributed by atoms with Crippen molar-refractivity contribution in [1.29, 1.82) is 0 Å². The molecule has 0 bridgehead atoms. The Balaban J connectivity index is 1.01. The largest absolute Gasteiger partial charge is 0.452 e. The number of benzene rings is 7. The smallest absolute Gasteiger partial charge is 0.178 e. The summed E-state index contributed by atoms with van der Waals surface area (Å²) in [6.07, 6.45) is 0. The van der Waals surface area contributed by atoms with Gasteiger partial charge in [-0.2, -0.15) is 0 Å². The van der Waals surface area contributed by atoms with E-state index in [-0.39, 0.29) is 0 Å². The van der Waals surface area contributed by atoms with E-state index in [2.05, 4.69) is 115 Å². The first-order valence-corrected chi connectivity index (χ1v) is 17.0. The number of hydrogen-bond acceptors (Lipinski definition) is 4. The maximum Gasteiger partial charge on any atom is 0.178 e. The molecule has 0 saturated heterocycles. The number of hydrogen-bond donors (Lipinski definition) is 0. The summed E-state index contributed by atoms with van der Waals surface area (Å²) in [4.78, 5) is 0. The average molecular weight is 623 g/mol. The molecule has 0 radical (unpaired) electrons. The van der Waals surface area contributed by atoms with Crippen LogP contribution in [0.2, 0.25) is 0 Å². The predicted octanol–water partition coefficient (Wildman–Crippen LogP) is 13.6. The van der Waals surface area contributed by atoms with Crippen molar-refractivity contribution < 1.29 is 8.83 Å². The lowest BCUT2D eigenvalue weighted by Crippen LogP contribution is -1.81. The zero-order valence-corrected chi connectivity index (χ0v) is 26.0. The fourth-order valence-electron chi connectivity index (χ4n) is 7.31. The summed E-state index contributed by atoms with van der Waals surface area (Å²) in [5.74, 6) is 0. The fraction of sp³-hybridized carbons (Fsp3) is 0. The lowest BCUT2D eigenvalue weighted by atomic mass is 9.97. The van der Waals surface area contributed by atoms with Gasteiger partial charge in [0.1, 0.15) is 11.2 Å². The molecule has 0 aliphatic rings. The average Bonchev–Trinajstić information content (AvgIpc) is 3.87. The lowest BCUT2D eigenvalue weighted by Gasteiger charge is -2.06. The van der Waals surface area contributed by atoms with Gasteiger partial charge in [-0.1, -0.05) is 72.8 Å². The van der Waals surface area contributed by atoms with E-state index >= 15 is 0 Å². The normalized spacial score (nSPS) is 12.3. The van der Waals surface area contributed by atoms with Crippen LogP contribution in [0.4, 0.5) is 0 Å². The highest BCUT2D eigenvalue weighted by molar-refractivity contribution is 7.28. The molecule has 4 heteroatoms. The Bertz CT molecular complexity index is 3020. The second-order valence-corrected chi connectivity index (χ2v) is 14.2. The Labute approximate surface area is 270 Å². The van der Waals surface area contributed by atoms with Gasteiger partial charge in [0.15, 0.2) is 11.2 Å². The molecule has 11 aromatic rings. The molecule has 0 N–H and O–H groups in total. The van der Waals surface area contributed by atoms with E-state index in [0.717, 1.165) is 49.4 Å². The molecule has 11 rings (SSSR count). The zero-order valence-electron chi connectivity index (χ0n) is 24.3. The van der Waals surface area contributed by atoms with Crippen molar-refractivity contribution in [1.82, 2.24) is 0 Å². The Morgan fingerprint density at radius 3 is 1.57 bits per heavy atom. The first kappa shape index (κ1) is 24.8. The van der Waals surface area contributed by atoms with Gasteiger partial charge in [-0.25, -0.2) is 0 Å². The molecule has 46 heavy (non-hydrogen) atoms. The third-order valence-electron chi connectivity index (χ3n) is 9.51. The summed E-state index contributed by atoms with van der Waals surface area (Å²) in [6.45, 7) is 0. The molecular weight excluding hydrogens is 601 g/mol. The highest BCUT2D eigenvalue weighted by Gasteiger charge is 2.17. The molecular formula is C42H22O2S2. The molecule has 214 valence electrons. The molecule has 7 aromatic carbocycles. The van der Waals surface area contributed by atoms with Gasteiger partial charge in [0.25, 0.3) is 0 Å². The van der Waals surface area contributed by atoms with Crippen molar-refractivity contribution in [2.75, 3.05) is 0 Å². The minimum Gasteiger partial charge on any atom is -0.452 e. The lowest BCUT2D eigenvalue weighted by molar-refractivity contribution is 0.633. The molecule has 0 amide bonds. The second kappa shape index (κ2) is 9.07. The summed E-state index contributed by atoms with van der Waals surface area (Å²) in [6, 6.07) is 48.2. The third-order valence-corrected chi connectivity index (χ3v) is 11.8. The Morgan fingerprint density at radius 2 is 0.826 bits per heavy atom. The number of furan rings is 2. The maximum atomic E-state index is 6.38. The number of thiophene rings is 2. The summed E-state index contributed by atoms with van der Waals surface area (Å²) in [5, 5.41) is 9.83. The van der Waals surface area contributed by atoms with Crippen molar-refractivity contribution in [3.63, 3.8) is 0 Å². The SMILES string of the molecule is c1ccc2c(c1)oc1c2ccc2c3cc(-c4ccc(-c5ccc6sc7ccc8sc9ccccc9c8c7c6c5)cc4)ccc3oc21. The van der Waals surface area contributed by atoms with Crippen molar-refractivity contribution in [3.8, 4) is 22.3 Å². The van der Waals surface area contributed by atoms with E-state index in [4.69, 9.17) is 8.83 Å². The van der Waals surface area contributed by atoms with Gasteiger partial charge < -0.3 is 8.83 Å². The van der Waals surface area contributed by atoms with Crippen LogP contribution in [-0.2, 0) is 0 Å². The van der Waals surface area contributed by atoms with Gasteiger partial charge in [0, 0.05) is 61.9 Å². The Morgan fingerprint density at radius 1 is 0.326 bits per heavy atom. The fourth-order valence-corrected chi connectivity index (χ4v) is 9.52. The minimum absolute atomic E-state index is 0.806. The molecule has 4 heterocycles. The van der Waals surface area contributed by atoms with Gasteiger partial charge in [0.05, 0.1) is 0 Å². The van der Waals surface area contributed by atoms with Gasteiger partial charge in [-0.3, -0.25) is 0 Å². The van der Waals surface area contributed by atoms with Crippen LogP contribution in [0.5, 0.6) is 0 Å². The maximum absolute atomic E-state index is 6.38. The van der Waals surface area contributed by atoms with Gasteiger partial charge in [-0.15, -0.1) is 22.7 Å². The van der Waals surface area contributed by atoms with E-state index in [9.17, 15) is 0 Å². The van der Waals surface area contributed by atoms with Crippen LogP contribution in [0.15, 0.2) is 142 Å². The quantitative estimate of drug-likeness (QED) is 0.192. The van der Waals surface area contributed by atoms with Crippen molar-refractivity contribution in [2.45, 2.75) is 0 Å². The van der Waals surface area contributed by atoms with Crippen LogP contribution in [-0.4, -0.2) is 0 Å². The molecule has 0 unspecified atom stereocenters. The molecule has 0 saturated carbocycles. The van der Waals surface area contributed by atoms with Gasteiger partial charge in [-0.05, 0) is 82.9 Å². The number of fused-ring (bicyclic) bond motifs is 14. The van der Waals surface area contributed by atoms with Crippen LogP contribution < -0.4 is 0 Å². The monoisotopic (exact) mass is 622 g/mol. The van der Waals surface area contributed by atoms with Crippen molar-refractivity contribution >= 4 is 107 Å².